The molecule has 3 amide bonds. The summed E-state index contributed by atoms with van der Waals surface area (Å²) in [6.45, 7) is 7.56. The molecule has 0 spiro atoms. The molecule has 0 aromatic heterocycles. The minimum absolute atomic E-state index is 0.0324. The van der Waals surface area contributed by atoms with Crippen LogP contribution in [0.5, 0.6) is 0 Å². The third-order valence-electron chi connectivity index (χ3n) is 6.65. The molecule has 2 aromatic carbocycles. The Balaban J connectivity index is 1.54. The van der Waals surface area contributed by atoms with E-state index in [1.54, 1.807) is 29.2 Å². The Morgan fingerprint density at radius 2 is 1.84 bits per heavy atom. The van der Waals surface area contributed by atoms with Crippen molar-refractivity contribution in [2.75, 3.05) is 36.8 Å². The van der Waals surface area contributed by atoms with E-state index in [1.165, 1.54) is 6.92 Å². The zero-order valence-corrected chi connectivity index (χ0v) is 22.5. The standard InChI is InChI=1S/C29H38N4O5/c1-4-16-32(28(36)12-11-27(35)23-5-8-24(30)9-6-23)17-14-22-7-10-25(18-20(22)2)33-19-26(38-29(33)37)13-15-31-21(3)34/h5-10,18,26H,4,11-17,19,30H2,1-3H3,(H,31,34). The molecular weight excluding hydrogens is 484 g/mol. The van der Waals surface area contributed by atoms with Crippen molar-refractivity contribution in [2.24, 2.45) is 0 Å². The monoisotopic (exact) mass is 522 g/mol. The van der Waals surface area contributed by atoms with Gasteiger partial charge in [0.05, 0.1) is 6.54 Å². The Hall–Kier alpha value is -3.88. The summed E-state index contributed by atoms with van der Waals surface area (Å²) < 4.78 is 5.45. The molecule has 38 heavy (non-hydrogen) atoms. The summed E-state index contributed by atoms with van der Waals surface area (Å²) in [7, 11) is 0. The minimum Gasteiger partial charge on any atom is -0.444 e. The highest BCUT2D eigenvalue weighted by Gasteiger charge is 2.32. The molecule has 1 atom stereocenters. The lowest BCUT2D eigenvalue weighted by Gasteiger charge is -2.23. The van der Waals surface area contributed by atoms with Gasteiger partial charge in [0, 0.05) is 62.8 Å². The number of nitrogens with one attached hydrogen (secondary N) is 1. The average molecular weight is 523 g/mol. The lowest BCUT2D eigenvalue weighted by atomic mass is 10.0. The zero-order chi connectivity index (χ0) is 27.7. The molecule has 0 radical (unpaired) electrons. The first-order valence-corrected chi connectivity index (χ1v) is 13.2. The summed E-state index contributed by atoms with van der Waals surface area (Å²) in [6, 6.07) is 12.6. The van der Waals surface area contributed by atoms with Crippen LogP contribution in [-0.4, -0.2) is 60.9 Å². The average Bonchev–Trinajstić information content (AvgIpc) is 3.25. The molecule has 0 bridgehead atoms. The SMILES string of the molecule is CCCN(CCc1ccc(N2CC(CCNC(C)=O)OC2=O)cc1C)C(=O)CCC(=O)c1ccc(N)cc1. The Labute approximate surface area is 224 Å². The number of carbonyl (C=O) groups excluding carboxylic acids is 4. The van der Waals surface area contributed by atoms with Gasteiger partial charge >= 0.3 is 6.09 Å². The van der Waals surface area contributed by atoms with Crippen molar-refractivity contribution in [2.45, 2.75) is 59.0 Å². The van der Waals surface area contributed by atoms with Crippen molar-refractivity contribution in [1.29, 1.82) is 0 Å². The van der Waals surface area contributed by atoms with E-state index in [2.05, 4.69) is 5.32 Å². The molecule has 9 nitrogen and oxygen atoms in total. The fourth-order valence-electron chi connectivity index (χ4n) is 4.50. The molecule has 1 aliphatic heterocycles. The third kappa shape index (κ3) is 8.06. The Kier molecular flexibility index (Phi) is 10.3. The van der Waals surface area contributed by atoms with Crippen LogP contribution in [0.1, 0.15) is 61.0 Å². The predicted molar refractivity (Wildman–Crippen MR) is 147 cm³/mol. The van der Waals surface area contributed by atoms with Gasteiger partial charge in [-0.1, -0.05) is 13.0 Å². The van der Waals surface area contributed by atoms with Crippen LogP contribution in [0.25, 0.3) is 0 Å². The summed E-state index contributed by atoms with van der Waals surface area (Å²) in [5, 5.41) is 2.72. The van der Waals surface area contributed by atoms with E-state index in [0.717, 1.165) is 23.2 Å². The maximum Gasteiger partial charge on any atom is 0.414 e. The largest absolute Gasteiger partial charge is 0.444 e. The van der Waals surface area contributed by atoms with E-state index in [9.17, 15) is 19.2 Å². The summed E-state index contributed by atoms with van der Waals surface area (Å²) in [6.07, 6.45) is 1.73. The second kappa shape index (κ2) is 13.6. The van der Waals surface area contributed by atoms with Gasteiger partial charge in [0.15, 0.2) is 5.78 Å². The lowest BCUT2D eigenvalue weighted by molar-refractivity contribution is -0.131. The van der Waals surface area contributed by atoms with Gasteiger partial charge in [-0.3, -0.25) is 19.3 Å². The third-order valence-corrected chi connectivity index (χ3v) is 6.65. The highest BCUT2D eigenvalue weighted by atomic mass is 16.6. The summed E-state index contributed by atoms with van der Waals surface area (Å²) in [5.74, 6) is -0.211. The molecule has 1 unspecified atom stereocenters. The molecule has 1 saturated heterocycles. The summed E-state index contributed by atoms with van der Waals surface area (Å²) in [5.41, 5.74) is 9.72. The van der Waals surface area contributed by atoms with Crippen molar-refractivity contribution in [3.8, 4) is 0 Å². The van der Waals surface area contributed by atoms with Crippen LogP contribution in [0.15, 0.2) is 42.5 Å². The molecule has 3 rings (SSSR count). The van der Waals surface area contributed by atoms with Crippen LogP contribution >= 0.6 is 0 Å². The van der Waals surface area contributed by atoms with Gasteiger partial charge < -0.3 is 20.7 Å². The van der Waals surface area contributed by atoms with E-state index >= 15 is 0 Å². The van der Waals surface area contributed by atoms with Crippen LogP contribution < -0.4 is 16.0 Å². The second-order valence-electron chi connectivity index (χ2n) is 9.67. The topological polar surface area (TPSA) is 122 Å². The number of nitrogens with two attached hydrogens (primary N) is 1. The summed E-state index contributed by atoms with van der Waals surface area (Å²) in [4.78, 5) is 52.3. The number of Topliss-reactive ketones (excluding diaryl/α,β-unsaturated/α-hetero) is 1. The van der Waals surface area contributed by atoms with Crippen LogP contribution in [-0.2, 0) is 20.7 Å². The number of nitrogen functional groups attached to an aromatic ring is 1. The molecule has 0 saturated carbocycles. The highest BCUT2D eigenvalue weighted by molar-refractivity contribution is 5.98. The quantitative estimate of drug-likeness (QED) is 0.304. The van der Waals surface area contributed by atoms with Crippen LogP contribution in [0.3, 0.4) is 0 Å². The van der Waals surface area contributed by atoms with Crippen molar-refractivity contribution in [3.63, 3.8) is 0 Å². The molecular formula is C29H38N4O5. The maximum absolute atomic E-state index is 12.9. The number of carbonyl (C=O) groups is 4. The van der Waals surface area contributed by atoms with E-state index < -0.39 is 6.09 Å². The molecule has 0 aliphatic carbocycles. The second-order valence-corrected chi connectivity index (χ2v) is 9.67. The van der Waals surface area contributed by atoms with Crippen molar-refractivity contribution in [1.82, 2.24) is 10.2 Å². The number of amides is 3. The van der Waals surface area contributed by atoms with E-state index in [4.69, 9.17) is 10.5 Å². The number of ketones is 1. The zero-order valence-electron chi connectivity index (χ0n) is 22.5. The van der Waals surface area contributed by atoms with Gasteiger partial charge in [-0.15, -0.1) is 0 Å². The fraction of sp³-hybridized carbons (Fsp3) is 0.448. The minimum atomic E-state index is -0.391. The highest BCUT2D eigenvalue weighted by Crippen LogP contribution is 2.25. The molecule has 9 heteroatoms. The molecule has 2 aromatic rings. The van der Waals surface area contributed by atoms with Gasteiger partial charge in [0.2, 0.25) is 11.8 Å². The number of nitrogens with zero attached hydrogens (tertiary/aromatic N) is 2. The normalized spacial score (nSPS) is 14.8. The predicted octanol–water partition coefficient (Wildman–Crippen LogP) is 3.87. The Bertz CT molecular complexity index is 1150. The van der Waals surface area contributed by atoms with Crippen LogP contribution in [0.4, 0.5) is 16.2 Å². The number of ether oxygens (including phenoxy) is 1. The van der Waals surface area contributed by atoms with Crippen molar-refractivity contribution >= 4 is 35.1 Å². The smallest absolute Gasteiger partial charge is 0.414 e. The first kappa shape index (κ1) is 28.7. The van der Waals surface area contributed by atoms with Crippen molar-refractivity contribution < 1.29 is 23.9 Å². The number of hydrogen-bond donors (Lipinski definition) is 2. The molecule has 204 valence electrons. The number of rotatable bonds is 13. The first-order chi connectivity index (χ1) is 18.2. The first-order valence-electron chi connectivity index (χ1n) is 13.2. The molecule has 3 N–H and O–H groups in total. The number of aryl methyl sites for hydroxylation is 1. The Morgan fingerprint density at radius 3 is 2.50 bits per heavy atom. The number of anilines is 2. The fourth-order valence-corrected chi connectivity index (χ4v) is 4.50. The number of cyclic esters (lactones) is 1. The van der Waals surface area contributed by atoms with Crippen LogP contribution in [0.2, 0.25) is 0 Å². The van der Waals surface area contributed by atoms with E-state index in [1.807, 2.05) is 36.9 Å². The number of benzene rings is 2. The summed E-state index contributed by atoms with van der Waals surface area (Å²) >= 11 is 0. The van der Waals surface area contributed by atoms with E-state index in [-0.39, 0.29) is 36.5 Å². The van der Waals surface area contributed by atoms with Crippen molar-refractivity contribution in [3.05, 3.63) is 59.2 Å². The maximum atomic E-state index is 12.9. The molecule has 1 heterocycles. The van der Waals surface area contributed by atoms with Gasteiger partial charge in [-0.05, 0) is 67.3 Å². The lowest BCUT2D eigenvalue weighted by Crippen LogP contribution is -2.34. The van der Waals surface area contributed by atoms with Gasteiger partial charge in [0.25, 0.3) is 0 Å². The van der Waals surface area contributed by atoms with Gasteiger partial charge in [0.1, 0.15) is 6.10 Å². The van der Waals surface area contributed by atoms with E-state index in [0.29, 0.717) is 50.3 Å². The van der Waals surface area contributed by atoms with Gasteiger partial charge in [-0.25, -0.2) is 4.79 Å². The van der Waals surface area contributed by atoms with Crippen LogP contribution in [0, 0.1) is 6.92 Å². The molecule has 1 aliphatic rings. The molecule has 1 fully saturated rings. The van der Waals surface area contributed by atoms with Gasteiger partial charge in [-0.2, -0.15) is 0 Å². The number of hydrogen-bond acceptors (Lipinski definition) is 6. The Morgan fingerprint density at radius 1 is 1.11 bits per heavy atom.